The fourth-order valence-electron chi connectivity index (χ4n) is 2.36. The number of carbonyl (C=O) groups excluding carboxylic acids is 1. The second-order valence-electron chi connectivity index (χ2n) is 4.69. The molecule has 0 atom stereocenters. The number of ether oxygens (including phenoxy) is 1. The molecule has 0 saturated carbocycles. The third-order valence-electron chi connectivity index (χ3n) is 3.41. The lowest BCUT2D eigenvalue weighted by Crippen LogP contribution is -2.43. The van der Waals surface area contributed by atoms with Crippen molar-refractivity contribution in [1.29, 1.82) is 0 Å². The first kappa shape index (κ1) is 17.4. The van der Waals surface area contributed by atoms with Crippen LogP contribution in [0.15, 0.2) is 18.2 Å². The maximum absolute atomic E-state index is 11.4. The van der Waals surface area contributed by atoms with Gasteiger partial charge in [-0.2, -0.15) is 5.96 Å². The molecule has 118 valence electrons. The van der Waals surface area contributed by atoms with Crippen molar-refractivity contribution >= 4 is 11.6 Å². The number of hydrogen-bond acceptors (Lipinski definition) is 5. The summed E-state index contributed by atoms with van der Waals surface area (Å²) < 4.78 is 14.1. The van der Waals surface area contributed by atoms with Gasteiger partial charge in [-0.25, -0.2) is 0 Å². The van der Waals surface area contributed by atoms with Crippen LogP contribution in [0.5, 0.6) is 0 Å². The van der Waals surface area contributed by atoms with E-state index in [2.05, 4.69) is 22.2 Å². The smallest absolute Gasteiger partial charge is 0.248 e. The van der Waals surface area contributed by atoms with Crippen LogP contribution in [0.1, 0.15) is 15.9 Å². The van der Waals surface area contributed by atoms with Crippen molar-refractivity contribution in [1.82, 2.24) is 5.32 Å². The number of benzene rings is 1. The third kappa shape index (κ3) is 4.96. The summed E-state index contributed by atoms with van der Waals surface area (Å²) in [5.74, 6) is 2.62. The van der Waals surface area contributed by atoms with Crippen LogP contribution in [0, 0.1) is 0 Å². The Labute approximate surface area is 124 Å². The van der Waals surface area contributed by atoms with Crippen LogP contribution in [0.25, 0.3) is 0 Å². The molecule has 2 rings (SSSR count). The number of hydrogen-bond donors (Lipinski definition) is 3. The summed E-state index contributed by atoms with van der Waals surface area (Å²) in [5.41, 5.74) is 8.12. The van der Waals surface area contributed by atoms with Gasteiger partial charge in [-0.15, -0.1) is 4.48 Å². The van der Waals surface area contributed by atoms with Crippen LogP contribution in [0.4, 0.5) is 10.2 Å². The number of carbonyl (C=O) groups is 1. The highest BCUT2D eigenvalue weighted by molar-refractivity contribution is 5.94. The zero-order valence-electron chi connectivity index (χ0n) is 12.3. The summed E-state index contributed by atoms with van der Waals surface area (Å²) in [4.78, 5) is 13.7. The molecule has 0 bridgehead atoms. The fraction of sp³-hybridized carbons (Fsp3) is 0.500. The van der Waals surface area contributed by atoms with Crippen LogP contribution in [-0.4, -0.2) is 45.8 Å². The van der Waals surface area contributed by atoms with Gasteiger partial charge >= 0.3 is 0 Å². The molecule has 0 radical (unpaired) electrons. The molecule has 1 saturated heterocycles. The van der Waals surface area contributed by atoms with Crippen molar-refractivity contribution < 1.29 is 14.0 Å². The fourth-order valence-corrected chi connectivity index (χ4v) is 2.36. The molecule has 0 unspecified atom stereocenters. The largest absolute Gasteiger partial charge is 0.384 e. The van der Waals surface area contributed by atoms with Crippen molar-refractivity contribution in [2.45, 2.75) is 6.42 Å². The predicted octanol–water partition coefficient (Wildman–Crippen LogP) is 0.214. The highest BCUT2D eigenvalue weighted by atomic mass is 19.2. The molecule has 5 N–H and O–H groups in total. The quantitative estimate of drug-likeness (QED) is 0.676. The van der Waals surface area contributed by atoms with Crippen molar-refractivity contribution in [3.8, 4) is 0 Å². The number of halogens is 1. The minimum absolute atomic E-state index is 0.377. The van der Waals surface area contributed by atoms with Gasteiger partial charge in [0.1, 0.15) is 0 Å². The van der Waals surface area contributed by atoms with Crippen molar-refractivity contribution in [2.75, 3.05) is 44.8 Å². The molecule has 7 heteroatoms. The topological polar surface area (TPSA) is 93.6 Å². The van der Waals surface area contributed by atoms with Gasteiger partial charge in [-0.05, 0) is 30.2 Å². The molecule has 1 amide bonds. The summed E-state index contributed by atoms with van der Waals surface area (Å²) in [6.45, 7) is 4.54. The van der Waals surface area contributed by atoms with Gasteiger partial charge in [-0.3, -0.25) is 4.79 Å². The van der Waals surface area contributed by atoms with Gasteiger partial charge in [0.2, 0.25) is 5.91 Å². The van der Waals surface area contributed by atoms with Gasteiger partial charge in [0, 0.05) is 44.5 Å². The van der Waals surface area contributed by atoms with Crippen LogP contribution >= 0.6 is 0 Å². The number of primary amides is 1. The SMILES string of the molecule is COCCc1cc(N2CCNCC2)ccc1C(N)=O.NF. The number of nitrogens with two attached hydrogens (primary N) is 2. The van der Waals surface area contributed by atoms with E-state index in [0.29, 0.717) is 18.6 Å². The maximum atomic E-state index is 11.4. The van der Waals surface area contributed by atoms with Crippen LogP contribution < -0.4 is 21.9 Å². The van der Waals surface area contributed by atoms with Gasteiger partial charge in [0.05, 0.1) is 6.61 Å². The van der Waals surface area contributed by atoms with Crippen LogP contribution in [0.2, 0.25) is 0 Å². The lowest BCUT2D eigenvalue weighted by Gasteiger charge is -2.30. The average Bonchev–Trinajstić information content (AvgIpc) is 2.55. The molecule has 0 aromatic heterocycles. The van der Waals surface area contributed by atoms with E-state index in [1.54, 1.807) is 7.11 Å². The molecule has 6 nitrogen and oxygen atoms in total. The molecular formula is C14H23FN4O2. The van der Waals surface area contributed by atoms with E-state index in [-0.39, 0.29) is 5.91 Å². The van der Waals surface area contributed by atoms with E-state index in [4.69, 9.17) is 15.0 Å². The summed E-state index contributed by atoms with van der Waals surface area (Å²) >= 11 is 0. The summed E-state index contributed by atoms with van der Waals surface area (Å²) in [6.07, 6.45) is 0.703. The van der Waals surface area contributed by atoms with E-state index in [1.165, 1.54) is 0 Å². The molecule has 1 aromatic rings. The minimum atomic E-state index is -0.377. The molecule has 0 spiro atoms. The van der Waals surface area contributed by atoms with Gasteiger partial charge in [0.15, 0.2) is 0 Å². The highest BCUT2D eigenvalue weighted by Gasteiger charge is 2.14. The zero-order chi connectivity index (χ0) is 15.7. The summed E-state index contributed by atoms with van der Waals surface area (Å²) in [6, 6.07) is 5.86. The van der Waals surface area contributed by atoms with E-state index < -0.39 is 0 Å². The first-order valence-corrected chi connectivity index (χ1v) is 6.81. The summed E-state index contributed by atoms with van der Waals surface area (Å²) in [7, 11) is 1.66. The average molecular weight is 298 g/mol. The predicted molar refractivity (Wildman–Crippen MR) is 80.9 cm³/mol. The normalized spacial score (nSPS) is 14.3. The Hall–Kier alpha value is -1.70. The standard InChI is InChI=1S/C14H21N3O2.FH2N/c1-19-9-4-11-10-12(2-3-13(11)14(15)18)17-7-5-16-6-8-17;1-2/h2-3,10,16H,4-9H2,1H3,(H2,15,18);2H2. The molecule has 1 aliphatic rings. The molecule has 1 aliphatic heterocycles. The van der Waals surface area contributed by atoms with E-state index in [1.807, 2.05) is 12.1 Å². The summed E-state index contributed by atoms with van der Waals surface area (Å²) in [5, 5.41) is 3.33. The lowest BCUT2D eigenvalue weighted by molar-refractivity contribution is 0.0999. The molecule has 1 heterocycles. The number of methoxy groups -OCH3 is 1. The Kier molecular flexibility index (Phi) is 7.66. The second kappa shape index (κ2) is 9.28. The molecule has 21 heavy (non-hydrogen) atoms. The second-order valence-corrected chi connectivity index (χ2v) is 4.69. The number of anilines is 1. The van der Waals surface area contributed by atoms with Gasteiger partial charge in [0.25, 0.3) is 0 Å². The highest BCUT2D eigenvalue weighted by Crippen LogP contribution is 2.20. The Balaban J connectivity index is 0.00000106. The maximum Gasteiger partial charge on any atom is 0.248 e. The molecule has 0 aliphatic carbocycles. The van der Waals surface area contributed by atoms with Crippen molar-refractivity contribution in [3.63, 3.8) is 0 Å². The van der Waals surface area contributed by atoms with E-state index in [9.17, 15) is 4.79 Å². The Bertz CT molecular complexity index is 451. The number of amides is 1. The first-order chi connectivity index (χ1) is 10.2. The number of rotatable bonds is 5. The van der Waals surface area contributed by atoms with E-state index >= 15 is 0 Å². The Morgan fingerprint density at radius 1 is 1.38 bits per heavy atom. The molecule has 1 fully saturated rings. The minimum Gasteiger partial charge on any atom is -0.384 e. The third-order valence-corrected chi connectivity index (χ3v) is 3.41. The molecule has 1 aromatic carbocycles. The monoisotopic (exact) mass is 298 g/mol. The van der Waals surface area contributed by atoms with Crippen LogP contribution in [-0.2, 0) is 11.2 Å². The molecular weight excluding hydrogens is 275 g/mol. The Morgan fingerprint density at radius 2 is 2.05 bits per heavy atom. The van der Waals surface area contributed by atoms with Crippen molar-refractivity contribution in [3.05, 3.63) is 29.3 Å². The Morgan fingerprint density at radius 3 is 2.62 bits per heavy atom. The number of nitrogens with one attached hydrogen (secondary N) is 1. The zero-order valence-corrected chi connectivity index (χ0v) is 12.3. The first-order valence-electron chi connectivity index (χ1n) is 6.81. The van der Waals surface area contributed by atoms with Crippen LogP contribution in [0.3, 0.4) is 0 Å². The number of piperazine rings is 1. The van der Waals surface area contributed by atoms with Gasteiger partial charge in [-0.1, -0.05) is 0 Å². The lowest BCUT2D eigenvalue weighted by atomic mass is 10.0. The number of nitrogens with zero attached hydrogens (tertiary/aromatic N) is 1. The van der Waals surface area contributed by atoms with Crippen molar-refractivity contribution in [2.24, 2.45) is 11.7 Å². The van der Waals surface area contributed by atoms with Gasteiger partial charge < -0.3 is 20.7 Å². The van der Waals surface area contributed by atoms with E-state index in [0.717, 1.165) is 37.4 Å².